The summed E-state index contributed by atoms with van der Waals surface area (Å²) in [5.41, 5.74) is 2.79. The van der Waals surface area contributed by atoms with E-state index in [0.29, 0.717) is 6.04 Å². The van der Waals surface area contributed by atoms with E-state index < -0.39 is 0 Å². The molecule has 1 aliphatic rings. The van der Waals surface area contributed by atoms with E-state index in [4.69, 9.17) is 4.74 Å². The molecule has 0 unspecified atom stereocenters. The minimum atomic E-state index is 0.662. The third-order valence-corrected chi connectivity index (χ3v) is 4.84. The number of nitrogens with one attached hydrogen (secondary N) is 1. The maximum absolute atomic E-state index is 5.20. The van der Waals surface area contributed by atoms with Crippen molar-refractivity contribution >= 4 is 0 Å². The van der Waals surface area contributed by atoms with Gasteiger partial charge in [-0.15, -0.1) is 0 Å². The second kappa shape index (κ2) is 8.86. The Morgan fingerprint density at radius 2 is 1.67 bits per heavy atom. The van der Waals surface area contributed by atoms with Crippen molar-refractivity contribution in [2.75, 3.05) is 26.7 Å². The van der Waals surface area contributed by atoms with Crippen molar-refractivity contribution in [1.29, 1.82) is 0 Å². The number of hydrogen-bond acceptors (Lipinski definition) is 3. The van der Waals surface area contributed by atoms with Gasteiger partial charge in [-0.1, -0.05) is 42.5 Å². The van der Waals surface area contributed by atoms with E-state index in [1.165, 1.54) is 37.1 Å². The van der Waals surface area contributed by atoms with E-state index >= 15 is 0 Å². The maximum Gasteiger partial charge on any atom is 0.118 e. The molecule has 0 aliphatic carbocycles. The number of likely N-dealkylation sites (tertiary alicyclic amines) is 1. The van der Waals surface area contributed by atoms with Gasteiger partial charge in [0.15, 0.2) is 0 Å². The SMILES string of the molecule is COc1ccc(CCNC2CCN(Cc3ccccc3)CC2)cc1. The third-order valence-electron chi connectivity index (χ3n) is 4.84. The van der Waals surface area contributed by atoms with Crippen LogP contribution in [-0.2, 0) is 13.0 Å². The highest BCUT2D eigenvalue weighted by Crippen LogP contribution is 2.14. The van der Waals surface area contributed by atoms with Crippen LogP contribution in [0.3, 0.4) is 0 Å². The quantitative estimate of drug-likeness (QED) is 0.844. The van der Waals surface area contributed by atoms with Gasteiger partial charge in [0.1, 0.15) is 5.75 Å². The summed E-state index contributed by atoms with van der Waals surface area (Å²) in [5.74, 6) is 0.928. The Bertz CT molecular complexity index is 589. The largest absolute Gasteiger partial charge is 0.497 e. The molecular weight excluding hydrogens is 296 g/mol. The summed E-state index contributed by atoms with van der Waals surface area (Å²) >= 11 is 0. The van der Waals surface area contributed by atoms with Crippen molar-refractivity contribution in [2.24, 2.45) is 0 Å². The number of nitrogens with zero attached hydrogens (tertiary/aromatic N) is 1. The number of methoxy groups -OCH3 is 1. The lowest BCUT2D eigenvalue weighted by molar-refractivity contribution is 0.191. The van der Waals surface area contributed by atoms with E-state index in [2.05, 4.69) is 52.7 Å². The van der Waals surface area contributed by atoms with Crippen LogP contribution in [-0.4, -0.2) is 37.7 Å². The van der Waals surface area contributed by atoms with Crippen molar-refractivity contribution in [3.05, 3.63) is 65.7 Å². The monoisotopic (exact) mass is 324 g/mol. The average Bonchev–Trinajstić information content (AvgIpc) is 2.65. The van der Waals surface area contributed by atoms with Crippen LogP contribution in [0.5, 0.6) is 5.75 Å². The van der Waals surface area contributed by atoms with Crippen molar-refractivity contribution in [1.82, 2.24) is 10.2 Å². The fourth-order valence-corrected chi connectivity index (χ4v) is 3.35. The van der Waals surface area contributed by atoms with Crippen LogP contribution in [0.1, 0.15) is 24.0 Å². The van der Waals surface area contributed by atoms with Gasteiger partial charge in [-0.2, -0.15) is 0 Å². The first kappa shape index (κ1) is 17.0. The molecule has 0 radical (unpaired) electrons. The topological polar surface area (TPSA) is 24.5 Å². The van der Waals surface area contributed by atoms with E-state index in [1.54, 1.807) is 7.11 Å². The highest BCUT2D eigenvalue weighted by atomic mass is 16.5. The van der Waals surface area contributed by atoms with E-state index in [0.717, 1.165) is 25.3 Å². The minimum Gasteiger partial charge on any atom is -0.497 e. The predicted octanol–water partition coefficient (Wildman–Crippen LogP) is 3.49. The lowest BCUT2D eigenvalue weighted by Gasteiger charge is -2.32. The Morgan fingerprint density at radius 1 is 0.958 bits per heavy atom. The summed E-state index contributed by atoms with van der Waals surface area (Å²) in [4.78, 5) is 2.57. The van der Waals surface area contributed by atoms with Gasteiger partial charge in [0.25, 0.3) is 0 Å². The number of ether oxygens (including phenoxy) is 1. The van der Waals surface area contributed by atoms with Gasteiger partial charge in [-0.3, -0.25) is 4.90 Å². The first-order chi connectivity index (χ1) is 11.8. The minimum absolute atomic E-state index is 0.662. The normalized spacial score (nSPS) is 16.2. The van der Waals surface area contributed by atoms with Gasteiger partial charge in [-0.05, 0) is 62.2 Å². The molecule has 1 saturated heterocycles. The summed E-state index contributed by atoms with van der Waals surface area (Å²) < 4.78 is 5.20. The molecule has 3 rings (SSSR count). The van der Waals surface area contributed by atoms with Crippen LogP contribution >= 0.6 is 0 Å². The predicted molar refractivity (Wildman–Crippen MR) is 99.4 cm³/mol. The molecule has 128 valence electrons. The first-order valence-electron chi connectivity index (χ1n) is 8.96. The number of rotatable bonds is 7. The fourth-order valence-electron chi connectivity index (χ4n) is 3.35. The van der Waals surface area contributed by atoms with Crippen LogP contribution in [0.25, 0.3) is 0 Å². The smallest absolute Gasteiger partial charge is 0.118 e. The Kier molecular flexibility index (Phi) is 6.27. The lowest BCUT2D eigenvalue weighted by atomic mass is 10.0. The Labute approximate surface area is 145 Å². The zero-order valence-corrected chi connectivity index (χ0v) is 14.6. The van der Waals surface area contributed by atoms with Crippen molar-refractivity contribution in [2.45, 2.75) is 31.8 Å². The van der Waals surface area contributed by atoms with Gasteiger partial charge in [0, 0.05) is 12.6 Å². The highest BCUT2D eigenvalue weighted by Gasteiger charge is 2.18. The Hall–Kier alpha value is -1.84. The van der Waals surface area contributed by atoms with Crippen LogP contribution in [0.4, 0.5) is 0 Å². The molecule has 1 aliphatic heterocycles. The average molecular weight is 324 g/mol. The molecule has 2 aromatic rings. The molecule has 2 aromatic carbocycles. The molecule has 3 heteroatoms. The summed E-state index contributed by atoms with van der Waals surface area (Å²) in [6, 6.07) is 19.8. The zero-order valence-electron chi connectivity index (χ0n) is 14.6. The number of hydrogen-bond donors (Lipinski definition) is 1. The van der Waals surface area contributed by atoms with Crippen LogP contribution in [0, 0.1) is 0 Å². The standard InChI is InChI=1S/C21H28N2O/c1-24-21-9-7-18(8-10-21)11-14-22-20-12-15-23(16-13-20)17-19-5-3-2-4-6-19/h2-10,20,22H,11-17H2,1H3. The van der Waals surface area contributed by atoms with Crippen LogP contribution in [0.15, 0.2) is 54.6 Å². The van der Waals surface area contributed by atoms with Crippen LogP contribution in [0.2, 0.25) is 0 Å². The first-order valence-corrected chi connectivity index (χ1v) is 8.96. The molecule has 1 fully saturated rings. The second-order valence-corrected chi connectivity index (χ2v) is 6.59. The Morgan fingerprint density at radius 3 is 2.33 bits per heavy atom. The summed E-state index contributed by atoms with van der Waals surface area (Å²) in [7, 11) is 1.71. The third kappa shape index (κ3) is 5.08. The molecule has 1 N–H and O–H groups in total. The molecule has 0 amide bonds. The molecule has 0 aromatic heterocycles. The van der Waals surface area contributed by atoms with Gasteiger partial charge < -0.3 is 10.1 Å². The molecule has 0 bridgehead atoms. The molecular formula is C21H28N2O. The van der Waals surface area contributed by atoms with Gasteiger partial charge >= 0.3 is 0 Å². The molecule has 1 heterocycles. The highest BCUT2D eigenvalue weighted by molar-refractivity contribution is 5.27. The second-order valence-electron chi connectivity index (χ2n) is 6.59. The van der Waals surface area contributed by atoms with Gasteiger partial charge in [0.2, 0.25) is 0 Å². The summed E-state index contributed by atoms with van der Waals surface area (Å²) in [6.45, 7) is 4.51. The molecule has 0 spiro atoms. The van der Waals surface area contributed by atoms with Crippen molar-refractivity contribution < 1.29 is 4.74 Å². The molecule has 0 saturated carbocycles. The Balaban J connectivity index is 1.35. The fraction of sp³-hybridized carbons (Fsp3) is 0.429. The molecule has 24 heavy (non-hydrogen) atoms. The molecule has 3 nitrogen and oxygen atoms in total. The van der Waals surface area contributed by atoms with E-state index in [1.807, 2.05) is 12.1 Å². The summed E-state index contributed by atoms with van der Waals surface area (Å²) in [5, 5.41) is 3.73. The van der Waals surface area contributed by atoms with E-state index in [9.17, 15) is 0 Å². The number of piperidine rings is 1. The van der Waals surface area contributed by atoms with E-state index in [-0.39, 0.29) is 0 Å². The van der Waals surface area contributed by atoms with Crippen molar-refractivity contribution in [3.63, 3.8) is 0 Å². The van der Waals surface area contributed by atoms with Gasteiger partial charge in [-0.25, -0.2) is 0 Å². The summed E-state index contributed by atoms with van der Waals surface area (Å²) in [6.07, 6.45) is 3.57. The zero-order chi connectivity index (χ0) is 16.6. The van der Waals surface area contributed by atoms with Crippen LogP contribution < -0.4 is 10.1 Å². The maximum atomic E-state index is 5.20. The van der Waals surface area contributed by atoms with Crippen molar-refractivity contribution in [3.8, 4) is 5.75 Å². The number of benzene rings is 2. The lowest BCUT2D eigenvalue weighted by Crippen LogP contribution is -2.42. The van der Waals surface area contributed by atoms with Gasteiger partial charge in [0.05, 0.1) is 7.11 Å². The molecule has 0 atom stereocenters.